The molecule has 0 radical (unpaired) electrons. The maximum absolute atomic E-state index is 12.2. The fourth-order valence-electron chi connectivity index (χ4n) is 2.93. The molecule has 0 spiro atoms. The highest BCUT2D eigenvalue weighted by Gasteiger charge is 2.27. The van der Waals surface area contributed by atoms with E-state index in [0.29, 0.717) is 24.0 Å². The van der Waals surface area contributed by atoms with E-state index < -0.39 is 0 Å². The van der Waals surface area contributed by atoms with Crippen LogP contribution in [0.25, 0.3) is 10.9 Å². The molecule has 1 amide bonds. The predicted molar refractivity (Wildman–Crippen MR) is 103 cm³/mol. The second-order valence-electron chi connectivity index (χ2n) is 6.74. The molecule has 6 nitrogen and oxygen atoms in total. The van der Waals surface area contributed by atoms with Crippen molar-refractivity contribution in [2.75, 3.05) is 18.9 Å². The van der Waals surface area contributed by atoms with Gasteiger partial charge in [0, 0.05) is 37.0 Å². The summed E-state index contributed by atoms with van der Waals surface area (Å²) >= 11 is 1.50. The van der Waals surface area contributed by atoms with Gasteiger partial charge in [0.05, 0.1) is 5.52 Å². The third-order valence-electron chi connectivity index (χ3n) is 4.51. The molecule has 4 rings (SSSR count). The highest BCUT2D eigenvalue weighted by molar-refractivity contribution is 7.15. The van der Waals surface area contributed by atoms with Gasteiger partial charge in [-0.2, -0.15) is 0 Å². The van der Waals surface area contributed by atoms with Crippen molar-refractivity contribution < 1.29 is 4.79 Å². The van der Waals surface area contributed by atoms with E-state index in [4.69, 9.17) is 0 Å². The van der Waals surface area contributed by atoms with Gasteiger partial charge in [-0.25, -0.2) is 0 Å². The molecule has 0 unspecified atom stereocenters. The van der Waals surface area contributed by atoms with Crippen molar-refractivity contribution in [2.45, 2.75) is 31.7 Å². The highest BCUT2D eigenvalue weighted by atomic mass is 32.1. The Morgan fingerprint density at radius 1 is 1.27 bits per heavy atom. The first-order chi connectivity index (χ1) is 12.7. The zero-order chi connectivity index (χ0) is 17.9. The minimum absolute atomic E-state index is 0.0186. The Balaban J connectivity index is 1.30. The second kappa shape index (κ2) is 7.47. The number of pyridine rings is 1. The molecular weight excluding hydrogens is 346 g/mol. The molecule has 0 atom stereocenters. The average Bonchev–Trinajstić information content (AvgIpc) is 3.40. The molecule has 1 saturated carbocycles. The number of hydrogen-bond acceptors (Lipinski definition) is 6. The molecule has 1 fully saturated rings. The van der Waals surface area contributed by atoms with Crippen LogP contribution in [0.3, 0.4) is 0 Å². The number of carbonyl (C=O) groups excluding carboxylic acids is 1. The number of anilines is 1. The second-order valence-corrected chi connectivity index (χ2v) is 7.75. The number of rotatable bonds is 7. The van der Waals surface area contributed by atoms with Crippen LogP contribution >= 0.6 is 11.3 Å². The number of carbonyl (C=O) groups is 1. The molecule has 0 bridgehead atoms. The Hall–Kier alpha value is -2.38. The van der Waals surface area contributed by atoms with E-state index in [2.05, 4.69) is 37.5 Å². The number of nitrogens with zero attached hydrogens (tertiary/aromatic N) is 4. The van der Waals surface area contributed by atoms with Crippen molar-refractivity contribution in [2.24, 2.45) is 0 Å². The van der Waals surface area contributed by atoms with E-state index in [1.165, 1.54) is 29.7 Å². The van der Waals surface area contributed by atoms with Crippen LogP contribution in [0.5, 0.6) is 0 Å². The van der Waals surface area contributed by atoms with Crippen molar-refractivity contribution >= 4 is 33.3 Å². The Morgan fingerprint density at radius 2 is 2.15 bits per heavy atom. The number of aromatic nitrogens is 3. The first-order valence-electron chi connectivity index (χ1n) is 8.83. The summed E-state index contributed by atoms with van der Waals surface area (Å²) in [6.45, 7) is 1.46. The van der Waals surface area contributed by atoms with Gasteiger partial charge >= 0.3 is 0 Å². The molecular formula is C19H21N5OS. The lowest BCUT2D eigenvalue weighted by atomic mass is 10.1. The Morgan fingerprint density at radius 3 is 3.00 bits per heavy atom. The molecule has 2 aromatic heterocycles. The summed E-state index contributed by atoms with van der Waals surface area (Å²) in [7, 11) is 2.03. The van der Waals surface area contributed by atoms with Crippen LogP contribution in [0.15, 0.2) is 36.5 Å². The van der Waals surface area contributed by atoms with Crippen molar-refractivity contribution in [1.29, 1.82) is 0 Å². The van der Waals surface area contributed by atoms with Gasteiger partial charge in [0.25, 0.3) is 0 Å². The van der Waals surface area contributed by atoms with Gasteiger partial charge in [-0.1, -0.05) is 29.5 Å². The minimum atomic E-state index is -0.0186. The van der Waals surface area contributed by atoms with Crippen molar-refractivity contribution in [3.8, 4) is 0 Å². The van der Waals surface area contributed by atoms with Gasteiger partial charge in [-0.15, -0.1) is 10.2 Å². The zero-order valence-corrected chi connectivity index (χ0v) is 15.5. The van der Waals surface area contributed by atoms with Crippen molar-refractivity contribution in [1.82, 2.24) is 20.1 Å². The van der Waals surface area contributed by atoms with E-state index in [9.17, 15) is 4.79 Å². The van der Waals surface area contributed by atoms with Crippen LogP contribution in [0.2, 0.25) is 0 Å². The normalized spacial score (nSPS) is 14.1. The maximum Gasteiger partial charge on any atom is 0.227 e. The SMILES string of the molecule is CN(CCC(=O)Nc1nnc(C2CC2)s1)Cc1cccc2ncccc12. The topological polar surface area (TPSA) is 71.0 Å². The predicted octanol–water partition coefficient (Wildman–Crippen LogP) is 3.42. The highest BCUT2D eigenvalue weighted by Crippen LogP contribution is 2.42. The molecule has 2 heterocycles. The van der Waals surface area contributed by atoms with Crippen LogP contribution in [0, 0.1) is 0 Å². The lowest BCUT2D eigenvalue weighted by molar-refractivity contribution is -0.116. The Labute approximate surface area is 156 Å². The molecule has 3 aromatic rings. The van der Waals surface area contributed by atoms with Crippen molar-refractivity contribution in [3.05, 3.63) is 47.1 Å². The molecule has 1 aromatic carbocycles. The Bertz CT molecular complexity index is 916. The lowest BCUT2D eigenvalue weighted by Gasteiger charge is -2.17. The van der Waals surface area contributed by atoms with Gasteiger partial charge in [0.15, 0.2) is 0 Å². The smallest absolute Gasteiger partial charge is 0.227 e. The van der Waals surface area contributed by atoms with E-state index in [1.54, 1.807) is 0 Å². The standard InChI is InChI=1S/C19H21N5OS/c1-24(12-14-4-2-6-16-15(14)5-3-10-20-16)11-9-17(25)21-19-23-22-18(26-19)13-7-8-13/h2-6,10,13H,7-9,11-12H2,1H3,(H,21,23,25). The van der Waals surface area contributed by atoms with Crippen LogP contribution in [-0.2, 0) is 11.3 Å². The van der Waals surface area contributed by atoms with Gasteiger partial charge in [0.1, 0.15) is 5.01 Å². The fourth-order valence-corrected chi connectivity index (χ4v) is 3.86. The number of amides is 1. The maximum atomic E-state index is 12.2. The third-order valence-corrected chi connectivity index (χ3v) is 5.51. The van der Waals surface area contributed by atoms with Crippen LogP contribution in [0.1, 0.15) is 35.8 Å². The zero-order valence-electron chi connectivity index (χ0n) is 14.7. The van der Waals surface area contributed by atoms with Gasteiger partial charge < -0.3 is 10.2 Å². The van der Waals surface area contributed by atoms with E-state index in [1.807, 2.05) is 31.4 Å². The molecule has 1 aliphatic carbocycles. The summed E-state index contributed by atoms with van der Waals surface area (Å²) in [6.07, 6.45) is 4.62. The van der Waals surface area contributed by atoms with Gasteiger partial charge in [-0.3, -0.25) is 9.78 Å². The quantitative estimate of drug-likeness (QED) is 0.693. The largest absolute Gasteiger partial charge is 0.302 e. The molecule has 7 heteroatoms. The Kier molecular flexibility index (Phi) is 4.90. The molecule has 134 valence electrons. The molecule has 0 aliphatic heterocycles. The minimum Gasteiger partial charge on any atom is -0.302 e. The summed E-state index contributed by atoms with van der Waals surface area (Å²) < 4.78 is 0. The first kappa shape index (κ1) is 17.1. The van der Waals surface area contributed by atoms with Gasteiger partial charge in [-0.05, 0) is 37.6 Å². The average molecular weight is 367 g/mol. The summed E-state index contributed by atoms with van der Waals surface area (Å²) in [6, 6.07) is 10.2. The number of hydrogen-bond donors (Lipinski definition) is 1. The van der Waals surface area contributed by atoms with E-state index in [-0.39, 0.29) is 5.91 Å². The van der Waals surface area contributed by atoms with Crippen LogP contribution in [0.4, 0.5) is 5.13 Å². The third kappa shape index (κ3) is 4.05. The lowest BCUT2D eigenvalue weighted by Crippen LogP contribution is -2.24. The van der Waals surface area contributed by atoms with Gasteiger partial charge in [0.2, 0.25) is 11.0 Å². The van der Waals surface area contributed by atoms with E-state index >= 15 is 0 Å². The molecule has 0 saturated heterocycles. The summed E-state index contributed by atoms with van der Waals surface area (Å²) in [5.41, 5.74) is 2.22. The monoisotopic (exact) mass is 367 g/mol. The fraction of sp³-hybridized carbons (Fsp3) is 0.368. The number of fused-ring (bicyclic) bond motifs is 1. The molecule has 26 heavy (non-hydrogen) atoms. The molecule has 1 N–H and O–H groups in total. The summed E-state index contributed by atoms with van der Waals surface area (Å²) in [4.78, 5) is 18.7. The summed E-state index contributed by atoms with van der Waals surface area (Å²) in [5, 5.41) is 13.9. The first-order valence-corrected chi connectivity index (χ1v) is 9.65. The van der Waals surface area contributed by atoms with E-state index in [0.717, 1.165) is 22.5 Å². The molecule has 1 aliphatic rings. The van der Waals surface area contributed by atoms with Crippen LogP contribution < -0.4 is 5.32 Å². The number of nitrogens with one attached hydrogen (secondary N) is 1. The number of benzene rings is 1. The summed E-state index contributed by atoms with van der Waals surface area (Å²) in [5.74, 6) is 0.550. The van der Waals surface area contributed by atoms with Crippen LogP contribution in [-0.4, -0.2) is 39.6 Å². The van der Waals surface area contributed by atoms with Crippen molar-refractivity contribution in [3.63, 3.8) is 0 Å².